The van der Waals surface area contributed by atoms with Crippen LogP contribution in [-0.4, -0.2) is 35.1 Å². The van der Waals surface area contributed by atoms with Crippen LogP contribution in [0.15, 0.2) is 78.9 Å². The minimum Gasteiger partial charge on any atom is -0.355 e. The van der Waals surface area contributed by atoms with Crippen LogP contribution in [0, 0.1) is 0 Å². The number of amides is 2. The fourth-order valence-electron chi connectivity index (χ4n) is 3.55. The fraction of sp³-hybridized carbons (Fsp3) is 0.259. The molecule has 3 aromatic rings. The number of thioether (sulfide) groups is 1. The van der Waals surface area contributed by atoms with Gasteiger partial charge in [0.25, 0.3) is 0 Å². The molecule has 2 amide bonds. The Kier molecular flexibility index (Phi) is 10.3. The molecule has 3 aromatic carbocycles. The van der Waals surface area contributed by atoms with Gasteiger partial charge in [0.2, 0.25) is 11.8 Å². The van der Waals surface area contributed by atoms with Crippen LogP contribution in [0.5, 0.6) is 0 Å². The van der Waals surface area contributed by atoms with Crippen molar-refractivity contribution in [2.45, 2.75) is 31.7 Å². The number of hydrogen-bond acceptors (Lipinski definition) is 3. The van der Waals surface area contributed by atoms with Crippen molar-refractivity contribution in [1.29, 1.82) is 0 Å². The molecular formula is C27H28Cl2N2O2S. The van der Waals surface area contributed by atoms with Crippen LogP contribution >= 0.6 is 35.0 Å². The van der Waals surface area contributed by atoms with Crippen LogP contribution in [0.4, 0.5) is 0 Å². The van der Waals surface area contributed by atoms with Gasteiger partial charge < -0.3 is 10.2 Å². The van der Waals surface area contributed by atoms with Gasteiger partial charge in [0.05, 0.1) is 5.75 Å². The number of halogens is 2. The molecule has 1 N–H and O–H groups in total. The van der Waals surface area contributed by atoms with E-state index in [1.807, 2.05) is 73.7 Å². The molecule has 178 valence electrons. The molecule has 0 fully saturated rings. The van der Waals surface area contributed by atoms with Gasteiger partial charge in [0.15, 0.2) is 0 Å². The molecule has 7 heteroatoms. The van der Waals surface area contributed by atoms with Gasteiger partial charge in [-0.1, -0.05) is 77.8 Å². The first-order valence-corrected chi connectivity index (χ1v) is 13.0. The number of benzene rings is 3. The summed E-state index contributed by atoms with van der Waals surface area (Å²) in [6, 6.07) is 24.1. The highest BCUT2D eigenvalue weighted by Crippen LogP contribution is 2.20. The predicted molar refractivity (Wildman–Crippen MR) is 142 cm³/mol. The van der Waals surface area contributed by atoms with E-state index in [0.717, 1.165) is 16.7 Å². The molecule has 0 aliphatic heterocycles. The Morgan fingerprint density at radius 3 is 2.03 bits per heavy atom. The summed E-state index contributed by atoms with van der Waals surface area (Å²) >= 11 is 13.5. The maximum atomic E-state index is 13.5. The molecule has 4 nitrogen and oxygen atoms in total. The SMILES string of the molecule is CCNC(=O)[C@@H](Cc1ccccc1)N(Cc1ccc(Cl)cc1)C(=O)CSCc1ccc(Cl)cc1. The summed E-state index contributed by atoms with van der Waals surface area (Å²) in [5, 5.41) is 4.22. The van der Waals surface area contributed by atoms with Crippen LogP contribution in [-0.2, 0) is 28.3 Å². The molecule has 0 bridgehead atoms. The Balaban J connectivity index is 1.81. The molecule has 3 rings (SSSR count). The van der Waals surface area contributed by atoms with E-state index in [2.05, 4.69) is 5.32 Å². The number of hydrogen-bond donors (Lipinski definition) is 1. The molecule has 0 saturated carbocycles. The number of carbonyl (C=O) groups excluding carboxylic acids is 2. The van der Waals surface area contributed by atoms with Crippen molar-refractivity contribution < 1.29 is 9.59 Å². The largest absolute Gasteiger partial charge is 0.355 e. The van der Waals surface area contributed by atoms with Gasteiger partial charge in [-0.15, -0.1) is 11.8 Å². The highest BCUT2D eigenvalue weighted by molar-refractivity contribution is 7.99. The first-order chi connectivity index (χ1) is 16.5. The normalized spacial score (nSPS) is 11.6. The molecular weight excluding hydrogens is 487 g/mol. The van der Waals surface area contributed by atoms with Crippen molar-refractivity contribution in [3.63, 3.8) is 0 Å². The van der Waals surface area contributed by atoms with Crippen molar-refractivity contribution in [2.75, 3.05) is 12.3 Å². The van der Waals surface area contributed by atoms with E-state index < -0.39 is 6.04 Å². The molecule has 34 heavy (non-hydrogen) atoms. The van der Waals surface area contributed by atoms with E-state index in [1.165, 1.54) is 11.8 Å². The van der Waals surface area contributed by atoms with E-state index in [0.29, 0.717) is 35.3 Å². The van der Waals surface area contributed by atoms with Crippen LogP contribution < -0.4 is 5.32 Å². The van der Waals surface area contributed by atoms with Gasteiger partial charge >= 0.3 is 0 Å². The van der Waals surface area contributed by atoms with Crippen LogP contribution in [0.3, 0.4) is 0 Å². The third-order valence-corrected chi connectivity index (χ3v) is 6.79. The molecule has 0 aliphatic carbocycles. The second kappa shape index (κ2) is 13.4. The maximum absolute atomic E-state index is 13.5. The summed E-state index contributed by atoms with van der Waals surface area (Å²) in [6.45, 7) is 2.70. The van der Waals surface area contributed by atoms with E-state index in [9.17, 15) is 9.59 Å². The monoisotopic (exact) mass is 514 g/mol. The second-order valence-electron chi connectivity index (χ2n) is 7.87. The molecule has 1 atom stereocenters. The van der Waals surface area contributed by atoms with Crippen molar-refractivity contribution in [3.8, 4) is 0 Å². The fourth-order valence-corrected chi connectivity index (χ4v) is 4.67. The number of likely N-dealkylation sites (N-methyl/N-ethyl adjacent to an activating group) is 1. The lowest BCUT2D eigenvalue weighted by Crippen LogP contribution is -2.51. The van der Waals surface area contributed by atoms with Crippen molar-refractivity contribution >= 4 is 46.8 Å². The number of nitrogens with one attached hydrogen (secondary N) is 1. The standard InChI is InChI=1S/C27H28Cl2N2O2S/c1-2-30-27(33)25(16-20-6-4-3-5-7-20)31(17-21-8-12-23(28)13-9-21)26(32)19-34-18-22-10-14-24(29)15-11-22/h3-15,25H,2,16-19H2,1H3,(H,30,33)/t25-/m1/s1. The summed E-state index contributed by atoms with van der Waals surface area (Å²) in [6.07, 6.45) is 0.438. The first-order valence-electron chi connectivity index (χ1n) is 11.1. The van der Waals surface area contributed by atoms with Crippen molar-refractivity contribution in [1.82, 2.24) is 10.2 Å². The van der Waals surface area contributed by atoms with E-state index in [1.54, 1.807) is 17.0 Å². The Hall–Kier alpha value is -2.47. The summed E-state index contributed by atoms with van der Waals surface area (Å²) < 4.78 is 0. The zero-order chi connectivity index (χ0) is 24.3. The highest BCUT2D eigenvalue weighted by Gasteiger charge is 2.30. The zero-order valence-electron chi connectivity index (χ0n) is 19.0. The van der Waals surface area contributed by atoms with Gasteiger partial charge in [0, 0.05) is 35.3 Å². The third kappa shape index (κ3) is 8.08. The van der Waals surface area contributed by atoms with E-state index >= 15 is 0 Å². The quantitative estimate of drug-likeness (QED) is 0.341. The zero-order valence-corrected chi connectivity index (χ0v) is 21.4. The van der Waals surface area contributed by atoms with E-state index in [-0.39, 0.29) is 17.6 Å². The Labute approximate surface area is 215 Å². The molecule has 0 radical (unpaired) electrons. The summed E-state index contributed by atoms with van der Waals surface area (Å²) in [4.78, 5) is 28.3. The highest BCUT2D eigenvalue weighted by atomic mass is 35.5. The van der Waals surface area contributed by atoms with Gasteiger partial charge in [-0.2, -0.15) is 0 Å². The Morgan fingerprint density at radius 1 is 0.853 bits per heavy atom. The summed E-state index contributed by atoms with van der Waals surface area (Å²) in [7, 11) is 0. The summed E-state index contributed by atoms with van der Waals surface area (Å²) in [5.74, 6) is 0.709. The topological polar surface area (TPSA) is 49.4 Å². The smallest absolute Gasteiger partial charge is 0.243 e. The second-order valence-corrected chi connectivity index (χ2v) is 9.73. The minimum atomic E-state index is -0.623. The van der Waals surface area contributed by atoms with E-state index in [4.69, 9.17) is 23.2 Å². The van der Waals surface area contributed by atoms with Gasteiger partial charge in [0.1, 0.15) is 6.04 Å². The van der Waals surface area contributed by atoms with Crippen molar-refractivity contribution in [2.24, 2.45) is 0 Å². The Morgan fingerprint density at radius 2 is 1.44 bits per heavy atom. The molecule has 0 aromatic heterocycles. The molecule has 0 heterocycles. The van der Waals surface area contributed by atoms with Crippen LogP contribution in [0.1, 0.15) is 23.6 Å². The lowest BCUT2D eigenvalue weighted by molar-refractivity contribution is -0.139. The predicted octanol–water partition coefficient (Wildman–Crippen LogP) is 6.00. The molecule has 0 saturated heterocycles. The average molecular weight is 516 g/mol. The number of nitrogens with zero attached hydrogens (tertiary/aromatic N) is 1. The maximum Gasteiger partial charge on any atom is 0.243 e. The van der Waals surface area contributed by atoms with Crippen LogP contribution in [0.25, 0.3) is 0 Å². The molecule has 0 aliphatic rings. The van der Waals surface area contributed by atoms with Crippen LogP contribution in [0.2, 0.25) is 10.0 Å². The van der Waals surface area contributed by atoms with Gasteiger partial charge in [-0.25, -0.2) is 0 Å². The molecule has 0 unspecified atom stereocenters. The molecule has 0 spiro atoms. The minimum absolute atomic E-state index is 0.0823. The van der Waals surface area contributed by atoms with Crippen molar-refractivity contribution in [3.05, 3.63) is 106 Å². The first kappa shape index (κ1) is 26.1. The lowest BCUT2D eigenvalue weighted by Gasteiger charge is -2.31. The number of carbonyl (C=O) groups is 2. The lowest BCUT2D eigenvalue weighted by atomic mass is 10.0. The van der Waals surface area contributed by atoms with Gasteiger partial charge in [-0.3, -0.25) is 9.59 Å². The average Bonchev–Trinajstić information content (AvgIpc) is 2.84. The number of rotatable bonds is 11. The third-order valence-electron chi connectivity index (χ3n) is 5.30. The summed E-state index contributed by atoms with van der Waals surface area (Å²) in [5.41, 5.74) is 3.01. The van der Waals surface area contributed by atoms with Gasteiger partial charge in [-0.05, 0) is 47.9 Å². The Bertz CT molecular complexity index is 1060.